The van der Waals surface area contributed by atoms with Crippen molar-refractivity contribution in [2.45, 2.75) is 51.0 Å². The van der Waals surface area contributed by atoms with E-state index in [0.29, 0.717) is 25.2 Å². The second-order valence-corrected chi connectivity index (χ2v) is 5.98. The van der Waals surface area contributed by atoms with Crippen LogP contribution in [0.5, 0.6) is 11.5 Å². The SMILES string of the molecule is COc1ccc(OCCCN=C(N)NC2CCCCCC2)cc1.I. The number of hydrogen-bond acceptors (Lipinski definition) is 3. The standard InChI is InChI=1S/C18H29N3O2.HI/c1-22-16-9-11-17(12-10-16)23-14-6-13-20-18(19)21-15-7-4-2-3-5-8-15;/h9-12,15H,2-8,13-14H2,1H3,(H3,19,20,21);1H. The highest BCUT2D eigenvalue weighted by Gasteiger charge is 2.11. The van der Waals surface area contributed by atoms with Crippen molar-refractivity contribution in [2.75, 3.05) is 20.3 Å². The molecule has 0 bridgehead atoms. The Kier molecular flexibility index (Phi) is 10.6. The van der Waals surface area contributed by atoms with Gasteiger partial charge < -0.3 is 20.5 Å². The number of methoxy groups -OCH3 is 1. The second kappa shape index (κ2) is 12.2. The van der Waals surface area contributed by atoms with Crippen LogP contribution in [0.3, 0.4) is 0 Å². The van der Waals surface area contributed by atoms with Gasteiger partial charge in [0.05, 0.1) is 13.7 Å². The van der Waals surface area contributed by atoms with Gasteiger partial charge in [-0.2, -0.15) is 0 Å². The van der Waals surface area contributed by atoms with E-state index in [0.717, 1.165) is 17.9 Å². The van der Waals surface area contributed by atoms with Gasteiger partial charge in [-0.05, 0) is 37.1 Å². The predicted octanol–water partition coefficient (Wildman–Crippen LogP) is 3.71. The van der Waals surface area contributed by atoms with Gasteiger partial charge >= 0.3 is 0 Å². The van der Waals surface area contributed by atoms with E-state index in [1.54, 1.807) is 7.11 Å². The van der Waals surface area contributed by atoms with Crippen molar-refractivity contribution in [1.29, 1.82) is 0 Å². The number of nitrogens with one attached hydrogen (secondary N) is 1. The van der Waals surface area contributed by atoms with Gasteiger partial charge in [-0.25, -0.2) is 0 Å². The summed E-state index contributed by atoms with van der Waals surface area (Å²) in [5.41, 5.74) is 5.97. The molecule has 1 aliphatic rings. The van der Waals surface area contributed by atoms with Gasteiger partial charge in [0.15, 0.2) is 5.96 Å². The van der Waals surface area contributed by atoms with Crippen molar-refractivity contribution in [2.24, 2.45) is 10.7 Å². The van der Waals surface area contributed by atoms with E-state index in [-0.39, 0.29) is 24.0 Å². The number of halogens is 1. The number of ether oxygens (including phenoxy) is 2. The minimum Gasteiger partial charge on any atom is -0.497 e. The molecule has 0 heterocycles. The lowest BCUT2D eigenvalue weighted by molar-refractivity contribution is 0.312. The zero-order chi connectivity index (χ0) is 16.3. The predicted molar refractivity (Wildman–Crippen MR) is 110 cm³/mol. The molecule has 1 aromatic rings. The minimum atomic E-state index is 0. The van der Waals surface area contributed by atoms with Gasteiger partial charge in [0.25, 0.3) is 0 Å². The normalized spacial score (nSPS) is 16.0. The maximum atomic E-state index is 5.97. The smallest absolute Gasteiger partial charge is 0.188 e. The minimum absolute atomic E-state index is 0. The average Bonchev–Trinajstić information content (AvgIpc) is 2.84. The van der Waals surface area contributed by atoms with Crippen LogP contribution in [-0.4, -0.2) is 32.3 Å². The first-order chi connectivity index (χ1) is 11.3. The molecule has 5 nitrogen and oxygen atoms in total. The van der Waals surface area contributed by atoms with Crippen molar-refractivity contribution >= 4 is 29.9 Å². The summed E-state index contributed by atoms with van der Waals surface area (Å²) in [5.74, 6) is 2.25. The summed E-state index contributed by atoms with van der Waals surface area (Å²) in [6.07, 6.45) is 8.53. The number of benzene rings is 1. The topological polar surface area (TPSA) is 68.9 Å². The molecule has 0 amide bonds. The zero-order valence-electron chi connectivity index (χ0n) is 14.5. The molecule has 0 aromatic heterocycles. The van der Waals surface area contributed by atoms with Gasteiger partial charge in [-0.1, -0.05) is 25.7 Å². The fraction of sp³-hybridized carbons (Fsp3) is 0.611. The van der Waals surface area contributed by atoms with Crippen LogP contribution in [0.25, 0.3) is 0 Å². The van der Waals surface area contributed by atoms with Crippen molar-refractivity contribution in [3.8, 4) is 11.5 Å². The Morgan fingerprint density at radius 3 is 2.38 bits per heavy atom. The van der Waals surface area contributed by atoms with Crippen LogP contribution in [-0.2, 0) is 0 Å². The molecule has 24 heavy (non-hydrogen) atoms. The number of guanidine groups is 1. The van der Waals surface area contributed by atoms with Crippen molar-refractivity contribution in [1.82, 2.24) is 5.32 Å². The van der Waals surface area contributed by atoms with Gasteiger partial charge in [-0.15, -0.1) is 24.0 Å². The molecule has 1 fully saturated rings. The van der Waals surface area contributed by atoms with Gasteiger partial charge in [0.1, 0.15) is 11.5 Å². The summed E-state index contributed by atoms with van der Waals surface area (Å²) in [7, 11) is 1.65. The fourth-order valence-electron chi connectivity index (χ4n) is 2.80. The molecule has 0 saturated heterocycles. The largest absolute Gasteiger partial charge is 0.497 e. The molecule has 136 valence electrons. The van der Waals surface area contributed by atoms with E-state index in [1.165, 1.54) is 38.5 Å². The van der Waals surface area contributed by atoms with Crippen molar-refractivity contribution in [3.63, 3.8) is 0 Å². The first-order valence-electron chi connectivity index (χ1n) is 8.61. The summed E-state index contributed by atoms with van der Waals surface area (Å²) in [5, 5.41) is 3.35. The fourth-order valence-corrected chi connectivity index (χ4v) is 2.80. The van der Waals surface area contributed by atoms with E-state index in [4.69, 9.17) is 15.2 Å². The molecule has 1 aromatic carbocycles. The lowest BCUT2D eigenvalue weighted by Crippen LogP contribution is -2.39. The van der Waals surface area contributed by atoms with Gasteiger partial charge in [-0.3, -0.25) is 4.99 Å². The summed E-state index contributed by atoms with van der Waals surface area (Å²) < 4.78 is 10.8. The van der Waals surface area contributed by atoms with E-state index < -0.39 is 0 Å². The molecule has 1 aliphatic carbocycles. The number of hydrogen-bond donors (Lipinski definition) is 2. The Bertz CT molecular complexity index is 472. The third-order valence-electron chi connectivity index (χ3n) is 4.12. The van der Waals surface area contributed by atoms with Gasteiger partial charge in [0, 0.05) is 19.0 Å². The summed E-state index contributed by atoms with van der Waals surface area (Å²) in [6.45, 7) is 1.31. The van der Waals surface area contributed by atoms with Gasteiger partial charge in [0.2, 0.25) is 0 Å². The molecule has 2 rings (SSSR count). The second-order valence-electron chi connectivity index (χ2n) is 5.98. The van der Waals surface area contributed by atoms with E-state index >= 15 is 0 Å². The monoisotopic (exact) mass is 447 g/mol. The summed E-state index contributed by atoms with van der Waals surface area (Å²) in [6, 6.07) is 8.09. The third kappa shape index (κ3) is 8.08. The van der Waals surface area contributed by atoms with Crippen LogP contribution < -0.4 is 20.5 Å². The van der Waals surface area contributed by atoms with E-state index in [9.17, 15) is 0 Å². The molecule has 0 unspecified atom stereocenters. The molecular formula is C18H30IN3O2. The molecule has 1 saturated carbocycles. The first kappa shape index (κ1) is 20.9. The van der Waals surface area contributed by atoms with Crippen LogP contribution >= 0.6 is 24.0 Å². The number of nitrogens with two attached hydrogens (primary N) is 1. The molecule has 0 radical (unpaired) electrons. The highest BCUT2D eigenvalue weighted by Crippen LogP contribution is 2.17. The van der Waals surface area contributed by atoms with Crippen LogP contribution in [0.4, 0.5) is 0 Å². The molecule has 0 spiro atoms. The van der Waals surface area contributed by atoms with Crippen LogP contribution in [0.1, 0.15) is 44.9 Å². The maximum Gasteiger partial charge on any atom is 0.188 e. The third-order valence-corrected chi connectivity index (χ3v) is 4.12. The maximum absolute atomic E-state index is 5.97. The number of nitrogens with zero attached hydrogens (tertiary/aromatic N) is 1. The number of aliphatic imine (C=N–C) groups is 1. The average molecular weight is 447 g/mol. The first-order valence-corrected chi connectivity index (χ1v) is 8.61. The molecule has 0 aliphatic heterocycles. The molecule has 0 atom stereocenters. The Morgan fingerprint density at radius 2 is 1.75 bits per heavy atom. The van der Waals surface area contributed by atoms with E-state index in [2.05, 4.69) is 10.3 Å². The van der Waals surface area contributed by atoms with Crippen LogP contribution in [0.2, 0.25) is 0 Å². The Morgan fingerprint density at radius 1 is 1.12 bits per heavy atom. The van der Waals surface area contributed by atoms with Crippen molar-refractivity contribution < 1.29 is 9.47 Å². The summed E-state index contributed by atoms with van der Waals surface area (Å²) >= 11 is 0. The molecule has 6 heteroatoms. The zero-order valence-corrected chi connectivity index (χ0v) is 16.8. The van der Waals surface area contributed by atoms with Crippen LogP contribution in [0, 0.1) is 0 Å². The lowest BCUT2D eigenvalue weighted by atomic mass is 10.1. The Labute approximate surface area is 162 Å². The van der Waals surface area contributed by atoms with E-state index in [1.807, 2.05) is 24.3 Å². The Balaban J connectivity index is 0.00000288. The quantitative estimate of drug-likeness (QED) is 0.220. The highest BCUT2D eigenvalue weighted by molar-refractivity contribution is 14.0. The molecule has 3 N–H and O–H groups in total. The highest BCUT2D eigenvalue weighted by atomic mass is 127. The number of rotatable bonds is 7. The summed E-state index contributed by atoms with van der Waals surface area (Å²) in [4.78, 5) is 4.39. The lowest BCUT2D eigenvalue weighted by Gasteiger charge is -2.16. The van der Waals surface area contributed by atoms with Crippen molar-refractivity contribution in [3.05, 3.63) is 24.3 Å². The molecular weight excluding hydrogens is 417 g/mol. The Hall–Kier alpha value is -1.18. The van der Waals surface area contributed by atoms with Crippen LogP contribution in [0.15, 0.2) is 29.3 Å².